The van der Waals surface area contributed by atoms with Crippen LogP contribution in [0.3, 0.4) is 0 Å². The zero-order valence-electron chi connectivity index (χ0n) is 8.03. The first-order chi connectivity index (χ1) is 6.43. The number of hydrogen-bond donors (Lipinski definition) is 1. The SMILES string of the molecule is CNCCC/C=C\c1cccnc1. The molecule has 1 rings (SSSR count). The third-order valence-electron chi connectivity index (χ3n) is 1.79. The van der Waals surface area contributed by atoms with Crippen LogP contribution >= 0.6 is 0 Å². The van der Waals surface area contributed by atoms with Crippen LogP contribution in [0.2, 0.25) is 0 Å². The number of unbranched alkanes of at least 4 members (excludes halogenated alkanes) is 1. The van der Waals surface area contributed by atoms with Gasteiger partial charge in [0.15, 0.2) is 0 Å². The van der Waals surface area contributed by atoms with Gasteiger partial charge in [-0.2, -0.15) is 0 Å². The van der Waals surface area contributed by atoms with Gasteiger partial charge >= 0.3 is 0 Å². The summed E-state index contributed by atoms with van der Waals surface area (Å²) in [5.74, 6) is 0. The summed E-state index contributed by atoms with van der Waals surface area (Å²) in [7, 11) is 1.98. The quantitative estimate of drug-likeness (QED) is 0.695. The van der Waals surface area contributed by atoms with Crippen molar-refractivity contribution < 1.29 is 0 Å². The number of aromatic nitrogens is 1. The molecular weight excluding hydrogens is 160 g/mol. The largest absolute Gasteiger partial charge is 0.320 e. The van der Waals surface area contributed by atoms with Crippen molar-refractivity contribution in [2.45, 2.75) is 12.8 Å². The van der Waals surface area contributed by atoms with E-state index in [1.807, 2.05) is 19.3 Å². The molecular formula is C11H16N2. The Labute approximate surface area is 79.7 Å². The normalized spacial score (nSPS) is 10.8. The van der Waals surface area contributed by atoms with Crippen LogP contribution in [0, 0.1) is 0 Å². The molecule has 0 aliphatic carbocycles. The molecule has 1 heterocycles. The average molecular weight is 176 g/mol. The van der Waals surface area contributed by atoms with E-state index in [0.29, 0.717) is 0 Å². The minimum atomic E-state index is 1.08. The maximum Gasteiger partial charge on any atom is 0.0340 e. The lowest BCUT2D eigenvalue weighted by molar-refractivity contribution is 0.736. The molecule has 1 aromatic rings. The van der Waals surface area contributed by atoms with E-state index in [9.17, 15) is 0 Å². The Morgan fingerprint density at radius 2 is 2.46 bits per heavy atom. The molecule has 2 nitrogen and oxygen atoms in total. The second-order valence-electron chi connectivity index (χ2n) is 2.93. The molecule has 0 radical (unpaired) electrons. The van der Waals surface area contributed by atoms with E-state index >= 15 is 0 Å². The highest BCUT2D eigenvalue weighted by molar-refractivity contribution is 5.46. The van der Waals surface area contributed by atoms with Crippen molar-refractivity contribution in [3.05, 3.63) is 36.2 Å². The fourth-order valence-electron chi connectivity index (χ4n) is 1.09. The number of hydrogen-bond acceptors (Lipinski definition) is 2. The maximum absolute atomic E-state index is 4.04. The zero-order valence-corrected chi connectivity index (χ0v) is 8.03. The van der Waals surface area contributed by atoms with E-state index in [4.69, 9.17) is 0 Å². The van der Waals surface area contributed by atoms with E-state index in [-0.39, 0.29) is 0 Å². The van der Waals surface area contributed by atoms with E-state index in [2.05, 4.69) is 28.5 Å². The maximum atomic E-state index is 4.04. The molecule has 0 aromatic carbocycles. The van der Waals surface area contributed by atoms with Gasteiger partial charge in [0, 0.05) is 12.4 Å². The molecule has 0 saturated heterocycles. The standard InChI is InChI=1S/C11H16N2/c1-12-8-4-2-3-6-11-7-5-9-13-10-11/h3,5-7,9-10,12H,2,4,8H2,1H3/b6-3-. The molecule has 0 atom stereocenters. The Balaban J connectivity index is 2.25. The Hall–Kier alpha value is -1.15. The van der Waals surface area contributed by atoms with Crippen molar-refractivity contribution in [3.8, 4) is 0 Å². The number of allylic oxidation sites excluding steroid dienone is 1. The third kappa shape index (κ3) is 4.43. The zero-order chi connectivity index (χ0) is 9.36. The number of rotatable bonds is 5. The lowest BCUT2D eigenvalue weighted by Crippen LogP contribution is -2.06. The van der Waals surface area contributed by atoms with Crippen LogP contribution in [0.5, 0.6) is 0 Å². The average Bonchev–Trinajstić information content (AvgIpc) is 2.19. The number of nitrogens with one attached hydrogen (secondary N) is 1. The third-order valence-corrected chi connectivity index (χ3v) is 1.79. The molecule has 0 spiro atoms. The fourth-order valence-corrected chi connectivity index (χ4v) is 1.09. The van der Waals surface area contributed by atoms with Crippen LogP contribution in [-0.4, -0.2) is 18.6 Å². The smallest absolute Gasteiger partial charge is 0.0340 e. The Morgan fingerprint density at radius 3 is 3.15 bits per heavy atom. The van der Waals surface area contributed by atoms with Crippen LogP contribution < -0.4 is 5.32 Å². The second kappa shape index (κ2) is 6.38. The summed E-state index contributed by atoms with van der Waals surface area (Å²) in [6.45, 7) is 1.08. The van der Waals surface area contributed by atoms with Gasteiger partial charge in [0.1, 0.15) is 0 Å². The molecule has 0 bridgehead atoms. The van der Waals surface area contributed by atoms with Crippen molar-refractivity contribution in [2.24, 2.45) is 0 Å². The molecule has 1 aromatic heterocycles. The topological polar surface area (TPSA) is 24.9 Å². The predicted molar refractivity (Wildman–Crippen MR) is 56.4 cm³/mol. The lowest BCUT2D eigenvalue weighted by atomic mass is 10.2. The summed E-state index contributed by atoms with van der Waals surface area (Å²) in [5.41, 5.74) is 1.17. The highest BCUT2D eigenvalue weighted by Crippen LogP contribution is 2.00. The summed E-state index contributed by atoms with van der Waals surface area (Å²) < 4.78 is 0. The van der Waals surface area contributed by atoms with Crippen LogP contribution in [-0.2, 0) is 0 Å². The van der Waals surface area contributed by atoms with Crippen LogP contribution in [0.15, 0.2) is 30.6 Å². The van der Waals surface area contributed by atoms with E-state index in [1.165, 1.54) is 12.0 Å². The summed E-state index contributed by atoms with van der Waals surface area (Å²) in [6.07, 6.45) is 10.3. The Morgan fingerprint density at radius 1 is 1.54 bits per heavy atom. The molecule has 13 heavy (non-hydrogen) atoms. The molecule has 0 unspecified atom stereocenters. The fraction of sp³-hybridized carbons (Fsp3) is 0.364. The molecule has 0 aliphatic heterocycles. The van der Waals surface area contributed by atoms with Crippen LogP contribution in [0.4, 0.5) is 0 Å². The summed E-state index contributed by atoms with van der Waals surface area (Å²) in [5, 5.41) is 3.12. The monoisotopic (exact) mass is 176 g/mol. The molecule has 1 N–H and O–H groups in total. The van der Waals surface area contributed by atoms with Crippen molar-refractivity contribution in [3.63, 3.8) is 0 Å². The summed E-state index contributed by atoms with van der Waals surface area (Å²) in [4.78, 5) is 4.04. The predicted octanol–water partition coefficient (Wildman–Crippen LogP) is 2.09. The molecule has 0 amide bonds. The van der Waals surface area contributed by atoms with Crippen molar-refractivity contribution in [1.82, 2.24) is 10.3 Å². The Kier molecular flexibility index (Phi) is 4.87. The van der Waals surface area contributed by atoms with Crippen molar-refractivity contribution >= 4 is 6.08 Å². The summed E-state index contributed by atoms with van der Waals surface area (Å²) >= 11 is 0. The molecule has 0 saturated carbocycles. The number of pyridine rings is 1. The van der Waals surface area contributed by atoms with Gasteiger partial charge in [-0.05, 0) is 38.1 Å². The van der Waals surface area contributed by atoms with E-state index in [1.54, 1.807) is 6.20 Å². The summed E-state index contributed by atoms with van der Waals surface area (Å²) in [6, 6.07) is 4.01. The molecule has 0 fully saturated rings. The van der Waals surface area contributed by atoms with Crippen molar-refractivity contribution in [2.75, 3.05) is 13.6 Å². The first kappa shape index (κ1) is 9.93. The van der Waals surface area contributed by atoms with Gasteiger partial charge in [0.05, 0.1) is 0 Å². The van der Waals surface area contributed by atoms with E-state index in [0.717, 1.165) is 13.0 Å². The molecule has 0 aliphatic rings. The number of nitrogens with zero attached hydrogens (tertiary/aromatic N) is 1. The van der Waals surface area contributed by atoms with Crippen LogP contribution in [0.1, 0.15) is 18.4 Å². The van der Waals surface area contributed by atoms with E-state index < -0.39 is 0 Å². The van der Waals surface area contributed by atoms with Gasteiger partial charge in [-0.15, -0.1) is 0 Å². The molecule has 2 heteroatoms. The second-order valence-corrected chi connectivity index (χ2v) is 2.93. The van der Waals surface area contributed by atoms with Gasteiger partial charge < -0.3 is 5.32 Å². The van der Waals surface area contributed by atoms with Gasteiger partial charge in [0.25, 0.3) is 0 Å². The Bertz CT molecular complexity index is 242. The highest BCUT2D eigenvalue weighted by Gasteiger charge is 1.83. The van der Waals surface area contributed by atoms with Gasteiger partial charge in [0.2, 0.25) is 0 Å². The van der Waals surface area contributed by atoms with Gasteiger partial charge in [-0.3, -0.25) is 4.98 Å². The molecule has 70 valence electrons. The lowest BCUT2D eigenvalue weighted by Gasteiger charge is -1.94. The first-order valence-electron chi connectivity index (χ1n) is 4.64. The van der Waals surface area contributed by atoms with Gasteiger partial charge in [-0.1, -0.05) is 18.2 Å². The van der Waals surface area contributed by atoms with Gasteiger partial charge in [-0.25, -0.2) is 0 Å². The van der Waals surface area contributed by atoms with Crippen molar-refractivity contribution in [1.29, 1.82) is 0 Å². The highest BCUT2D eigenvalue weighted by atomic mass is 14.8. The minimum Gasteiger partial charge on any atom is -0.320 e. The minimum absolute atomic E-state index is 1.08. The first-order valence-corrected chi connectivity index (χ1v) is 4.64. The van der Waals surface area contributed by atoms with Crippen LogP contribution in [0.25, 0.3) is 6.08 Å².